The fourth-order valence-corrected chi connectivity index (χ4v) is 3.33. The first-order valence-corrected chi connectivity index (χ1v) is 7.30. The van der Waals surface area contributed by atoms with Gasteiger partial charge in [-0.05, 0) is 38.5 Å². The van der Waals surface area contributed by atoms with E-state index in [1.54, 1.807) is 18.3 Å². The highest BCUT2D eigenvalue weighted by molar-refractivity contribution is 9.10. The fourth-order valence-electron chi connectivity index (χ4n) is 1.76. The van der Waals surface area contributed by atoms with Crippen molar-refractivity contribution >= 4 is 33.0 Å². The van der Waals surface area contributed by atoms with Crippen molar-refractivity contribution in [2.45, 2.75) is 27.2 Å². The maximum atomic E-state index is 11.2. The van der Waals surface area contributed by atoms with Crippen LogP contribution in [-0.2, 0) is 11.2 Å². The van der Waals surface area contributed by atoms with Crippen LogP contribution in [0.3, 0.4) is 0 Å². The molecule has 2 nitrogen and oxygen atoms in total. The molecule has 1 aromatic carbocycles. The monoisotopic (exact) mass is 323 g/mol. The van der Waals surface area contributed by atoms with Gasteiger partial charge in [-0.25, -0.2) is 4.98 Å². The van der Waals surface area contributed by atoms with E-state index in [1.807, 2.05) is 13.0 Å². The van der Waals surface area contributed by atoms with Gasteiger partial charge in [0.25, 0.3) is 0 Å². The number of halogens is 1. The number of carbonyl (C=O) groups excluding carboxylic acids is 1. The molecule has 0 saturated carbocycles. The topological polar surface area (TPSA) is 30.0 Å². The maximum absolute atomic E-state index is 11.2. The van der Waals surface area contributed by atoms with Crippen molar-refractivity contribution in [2.24, 2.45) is 0 Å². The van der Waals surface area contributed by atoms with Crippen LogP contribution in [0, 0.1) is 13.8 Å². The standard InChI is InChI=1S/C14H14BrNOS/c1-8-4-5-11(15)7-12(8)14-16-10(3)13(18-14)6-9(2)17/h4-5,7H,6H2,1-3H3. The first-order chi connectivity index (χ1) is 8.47. The summed E-state index contributed by atoms with van der Waals surface area (Å²) in [5.41, 5.74) is 3.29. The van der Waals surface area contributed by atoms with Crippen molar-refractivity contribution in [1.82, 2.24) is 4.98 Å². The Morgan fingerprint density at radius 2 is 2.11 bits per heavy atom. The number of thiazole rings is 1. The molecule has 2 rings (SSSR count). The van der Waals surface area contributed by atoms with Gasteiger partial charge in [0, 0.05) is 21.3 Å². The minimum atomic E-state index is 0.180. The molecule has 0 aliphatic heterocycles. The Morgan fingerprint density at radius 1 is 1.39 bits per heavy atom. The molecule has 0 atom stereocenters. The second-order valence-corrected chi connectivity index (χ2v) is 6.36. The molecule has 0 saturated heterocycles. The van der Waals surface area contributed by atoms with Crippen molar-refractivity contribution in [1.29, 1.82) is 0 Å². The third-order valence-electron chi connectivity index (χ3n) is 2.73. The van der Waals surface area contributed by atoms with Crippen LogP contribution in [0.1, 0.15) is 23.1 Å². The predicted molar refractivity (Wildman–Crippen MR) is 79.1 cm³/mol. The lowest BCUT2D eigenvalue weighted by Gasteiger charge is -2.02. The lowest BCUT2D eigenvalue weighted by Crippen LogP contribution is -1.95. The van der Waals surface area contributed by atoms with Crippen LogP contribution in [0.25, 0.3) is 10.6 Å². The summed E-state index contributed by atoms with van der Waals surface area (Å²) in [7, 11) is 0. The van der Waals surface area contributed by atoms with E-state index < -0.39 is 0 Å². The summed E-state index contributed by atoms with van der Waals surface area (Å²) in [5, 5.41) is 0.988. The quantitative estimate of drug-likeness (QED) is 0.841. The van der Waals surface area contributed by atoms with Crippen molar-refractivity contribution in [3.05, 3.63) is 38.8 Å². The van der Waals surface area contributed by atoms with E-state index >= 15 is 0 Å². The Labute approximate surface area is 119 Å². The van der Waals surface area contributed by atoms with Crippen LogP contribution in [0.4, 0.5) is 0 Å². The molecule has 0 spiro atoms. The molecule has 0 radical (unpaired) electrons. The Kier molecular flexibility index (Phi) is 3.97. The van der Waals surface area contributed by atoms with Crippen molar-refractivity contribution in [2.75, 3.05) is 0 Å². The van der Waals surface area contributed by atoms with Gasteiger partial charge in [-0.15, -0.1) is 11.3 Å². The predicted octanol–water partition coefficient (Wildman–Crippen LogP) is 4.32. The minimum absolute atomic E-state index is 0.180. The summed E-state index contributed by atoms with van der Waals surface area (Å²) >= 11 is 5.09. The molecule has 1 aromatic heterocycles. The van der Waals surface area contributed by atoms with Crippen LogP contribution >= 0.6 is 27.3 Å². The van der Waals surface area contributed by atoms with Crippen LogP contribution in [0.15, 0.2) is 22.7 Å². The van der Waals surface area contributed by atoms with Crippen molar-refractivity contribution in [3.63, 3.8) is 0 Å². The van der Waals surface area contributed by atoms with Crippen LogP contribution in [-0.4, -0.2) is 10.8 Å². The zero-order chi connectivity index (χ0) is 13.3. The van der Waals surface area contributed by atoms with Gasteiger partial charge in [0.15, 0.2) is 0 Å². The zero-order valence-corrected chi connectivity index (χ0v) is 13.0. The molecule has 0 amide bonds. The van der Waals surface area contributed by atoms with Gasteiger partial charge < -0.3 is 0 Å². The molecule has 0 N–H and O–H groups in total. The lowest BCUT2D eigenvalue weighted by atomic mass is 10.1. The molecule has 2 aromatic rings. The summed E-state index contributed by atoms with van der Waals surface area (Å²) in [6.45, 7) is 5.65. The molecule has 0 aliphatic carbocycles. The number of benzene rings is 1. The highest BCUT2D eigenvalue weighted by atomic mass is 79.9. The van der Waals surface area contributed by atoms with E-state index in [0.29, 0.717) is 6.42 Å². The molecular formula is C14H14BrNOS. The summed E-state index contributed by atoms with van der Waals surface area (Å²) < 4.78 is 1.05. The first-order valence-electron chi connectivity index (χ1n) is 5.69. The number of hydrogen-bond acceptors (Lipinski definition) is 3. The largest absolute Gasteiger partial charge is 0.300 e. The lowest BCUT2D eigenvalue weighted by molar-refractivity contribution is -0.116. The summed E-state index contributed by atoms with van der Waals surface area (Å²) in [6, 6.07) is 6.17. The number of hydrogen-bond donors (Lipinski definition) is 0. The van der Waals surface area contributed by atoms with Gasteiger partial charge in [0.05, 0.1) is 5.69 Å². The van der Waals surface area contributed by atoms with Gasteiger partial charge in [-0.1, -0.05) is 22.0 Å². The van der Waals surface area contributed by atoms with E-state index in [2.05, 4.69) is 40.0 Å². The highest BCUT2D eigenvalue weighted by Gasteiger charge is 2.12. The summed E-state index contributed by atoms with van der Waals surface area (Å²) in [5.74, 6) is 0.180. The average molecular weight is 324 g/mol. The van der Waals surface area contributed by atoms with Crippen LogP contribution < -0.4 is 0 Å². The molecule has 94 valence electrons. The molecule has 18 heavy (non-hydrogen) atoms. The summed E-state index contributed by atoms with van der Waals surface area (Å²) in [4.78, 5) is 16.9. The summed E-state index contributed by atoms with van der Waals surface area (Å²) in [6.07, 6.45) is 0.483. The Hall–Kier alpha value is -1.00. The highest BCUT2D eigenvalue weighted by Crippen LogP contribution is 2.32. The molecule has 0 unspecified atom stereocenters. The van der Waals surface area contributed by atoms with Crippen molar-refractivity contribution in [3.8, 4) is 10.6 Å². The second kappa shape index (κ2) is 5.33. The van der Waals surface area contributed by atoms with E-state index in [-0.39, 0.29) is 5.78 Å². The number of Topliss-reactive ketones (excluding diaryl/α,β-unsaturated/α-hetero) is 1. The second-order valence-electron chi connectivity index (χ2n) is 4.37. The third-order valence-corrected chi connectivity index (χ3v) is 4.42. The van der Waals surface area contributed by atoms with Crippen LogP contribution in [0.5, 0.6) is 0 Å². The molecular weight excluding hydrogens is 310 g/mol. The third kappa shape index (κ3) is 2.87. The Morgan fingerprint density at radius 3 is 2.78 bits per heavy atom. The average Bonchev–Trinajstić information content (AvgIpc) is 2.63. The number of nitrogens with zero attached hydrogens (tertiary/aromatic N) is 1. The number of rotatable bonds is 3. The number of aromatic nitrogens is 1. The van der Waals surface area contributed by atoms with Gasteiger partial charge in [0.1, 0.15) is 10.8 Å². The van der Waals surface area contributed by atoms with Crippen molar-refractivity contribution < 1.29 is 4.79 Å². The number of ketones is 1. The fraction of sp³-hybridized carbons (Fsp3) is 0.286. The van der Waals surface area contributed by atoms with E-state index in [0.717, 1.165) is 25.6 Å². The normalized spacial score (nSPS) is 10.7. The smallest absolute Gasteiger partial charge is 0.135 e. The molecule has 1 heterocycles. The minimum Gasteiger partial charge on any atom is -0.300 e. The molecule has 0 fully saturated rings. The van der Waals surface area contributed by atoms with Gasteiger partial charge in [-0.3, -0.25) is 4.79 Å². The molecule has 0 bridgehead atoms. The van der Waals surface area contributed by atoms with Crippen LogP contribution in [0.2, 0.25) is 0 Å². The Bertz CT molecular complexity index is 604. The molecule has 0 aliphatic rings. The van der Waals surface area contributed by atoms with E-state index in [9.17, 15) is 4.79 Å². The SMILES string of the molecule is CC(=O)Cc1sc(-c2cc(Br)ccc2C)nc1C. The molecule has 4 heteroatoms. The van der Waals surface area contributed by atoms with Gasteiger partial charge in [0.2, 0.25) is 0 Å². The van der Waals surface area contributed by atoms with Gasteiger partial charge in [-0.2, -0.15) is 0 Å². The van der Waals surface area contributed by atoms with E-state index in [1.165, 1.54) is 5.56 Å². The zero-order valence-electron chi connectivity index (χ0n) is 10.6. The number of carbonyl (C=O) groups is 1. The number of aryl methyl sites for hydroxylation is 2. The Balaban J connectivity index is 2.45. The first kappa shape index (κ1) is 13.4. The maximum Gasteiger partial charge on any atom is 0.135 e. The van der Waals surface area contributed by atoms with E-state index in [4.69, 9.17) is 0 Å². The van der Waals surface area contributed by atoms with Gasteiger partial charge >= 0.3 is 0 Å².